The van der Waals surface area contributed by atoms with Gasteiger partial charge in [-0.2, -0.15) is 8.42 Å². The van der Waals surface area contributed by atoms with E-state index >= 15 is 0 Å². The highest BCUT2D eigenvalue weighted by Crippen LogP contribution is 2.35. The quantitative estimate of drug-likeness (QED) is 0.357. The van der Waals surface area contributed by atoms with Crippen molar-refractivity contribution in [1.29, 1.82) is 0 Å². The van der Waals surface area contributed by atoms with E-state index in [0.717, 1.165) is 22.2 Å². The van der Waals surface area contributed by atoms with E-state index in [0.29, 0.717) is 11.1 Å². The van der Waals surface area contributed by atoms with Crippen molar-refractivity contribution in [1.82, 2.24) is 4.90 Å². The van der Waals surface area contributed by atoms with Crippen LogP contribution in [0.5, 0.6) is 5.75 Å². The van der Waals surface area contributed by atoms with Gasteiger partial charge in [-0.15, -0.1) is 0 Å². The Hall–Kier alpha value is -3.43. The van der Waals surface area contributed by atoms with E-state index in [1.165, 1.54) is 48.5 Å². The zero-order valence-corrected chi connectivity index (χ0v) is 19.0. The highest BCUT2D eigenvalue weighted by atomic mass is 32.2. The fourth-order valence-corrected chi connectivity index (χ4v) is 4.88. The number of imide groups is 1. The number of halogens is 1. The minimum atomic E-state index is -4.09. The van der Waals surface area contributed by atoms with Crippen LogP contribution in [0.15, 0.2) is 82.6 Å². The lowest BCUT2D eigenvalue weighted by molar-refractivity contribution is -0.123. The standard InChI is InChI=1S/C24H18FNO5S2/c1-16-6-12-20(13-7-16)33(29,30)31-21-5-3-2-4-18(21)14-22-23(27)26(24(28)32-22)15-17-8-10-19(25)11-9-17/h2-14H,15H2,1H3/b22-14-. The molecule has 0 aromatic heterocycles. The summed E-state index contributed by atoms with van der Waals surface area (Å²) in [6.07, 6.45) is 1.43. The molecule has 6 nitrogen and oxygen atoms in total. The maximum absolute atomic E-state index is 13.1. The maximum Gasteiger partial charge on any atom is 0.339 e. The number of carbonyl (C=O) groups is 2. The van der Waals surface area contributed by atoms with Crippen LogP contribution < -0.4 is 4.18 Å². The van der Waals surface area contributed by atoms with Crippen LogP contribution in [0.3, 0.4) is 0 Å². The van der Waals surface area contributed by atoms with Gasteiger partial charge in [0.2, 0.25) is 0 Å². The molecule has 4 rings (SSSR count). The van der Waals surface area contributed by atoms with Gasteiger partial charge in [0.1, 0.15) is 16.5 Å². The molecule has 0 spiro atoms. The molecule has 2 amide bonds. The molecule has 1 saturated heterocycles. The van der Waals surface area contributed by atoms with Crippen LogP contribution in [0.1, 0.15) is 16.7 Å². The summed E-state index contributed by atoms with van der Waals surface area (Å²) in [5.74, 6) is -0.904. The summed E-state index contributed by atoms with van der Waals surface area (Å²) in [5.41, 5.74) is 1.85. The first kappa shape index (κ1) is 22.8. The minimum Gasteiger partial charge on any atom is -0.378 e. The van der Waals surface area contributed by atoms with E-state index in [1.807, 2.05) is 6.92 Å². The first-order valence-electron chi connectivity index (χ1n) is 9.83. The molecule has 0 saturated carbocycles. The number of hydrogen-bond donors (Lipinski definition) is 0. The number of nitrogens with zero attached hydrogens (tertiary/aromatic N) is 1. The first-order chi connectivity index (χ1) is 15.7. The van der Waals surface area contributed by atoms with Crippen molar-refractivity contribution in [3.8, 4) is 5.75 Å². The molecule has 168 valence electrons. The molecule has 9 heteroatoms. The highest BCUT2D eigenvalue weighted by molar-refractivity contribution is 8.18. The van der Waals surface area contributed by atoms with Crippen LogP contribution in [0.25, 0.3) is 6.08 Å². The molecule has 0 radical (unpaired) electrons. The zero-order valence-electron chi connectivity index (χ0n) is 17.4. The van der Waals surface area contributed by atoms with Crippen molar-refractivity contribution in [2.45, 2.75) is 18.4 Å². The van der Waals surface area contributed by atoms with Gasteiger partial charge in [-0.25, -0.2) is 4.39 Å². The van der Waals surface area contributed by atoms with E-state index in [9.17, 15) is 22.4 Å². The third-order valence-corrected chi connectivity index (χ3v) is 7.00. The van der Waals surface area contributed by atoms with Crippen molar-refractivity contribution < 1.29 is 26.6 Å². The van der Waals surface area contributed by atoms with Crippen LogP contribution in [-0.4, -0.2) is 24.5 Å². The number of benzene rings is 3. The van der Waals surface area contributed by atoms with Crippen molar-refractivity contribution in [2.24, 2.45) is 0 Å². The molecule has 33 heavy (non-hydrogen) atoms. The Morgan fingerprint density at radius 2 is 1.64 bits per heavy atom. The van der Waals surface area contributed by atoms with E-state index in [-0.39, 0.29) is 22.1 Å². The van der Waals surface area contributed by atoms with Crippen molar-refractivity contribution in [3.63, 3.8) is 0 Å². The fourth-order valence-electron chi connectivity index (χ4n) is 3.10. The Labute approximate surface area is 194 Å². The van der Waals surface area contributed by atoms with Gasteiger partial charge < -0.3 is 4.18 Å². The van der Waals surface area contributed by atoms with Crippen molar-refractivity contribution in [3.05, 3.63) is 100 Å². The van der Waals surface area contributed by atoms with Gasteiger partial charge in [0.05, 0.1) is 11.4 Å². The van der Waals surface area contributed by atoms with Gasteiger partial charge in [0.25, 0.3) is 11.1 Å². The zero-order chi connectivity index (χ0) is 23.6. The Morgan fingerprint density at radius 1 is 0.970 bits per heavy atom. The average Bonchev–Trinajstić information content (AvgIpc) is 3.04. The summed E-state index contributed by atoms with van der Waals surface area (Å²) in [4.78, 5) is 26.4. The molecule has 1 aliphatic rings. The second kappa shape index (κ2) is 9.21. The molecule has 0 unspecified atom stereocenters. The maximum atomic E-state index is 13.1. The Balaban J connectivity index is 1.58. The molecule has 1 fully saturated rings. The summed E-state index contributed by atoms with van der Waals surface area (Å²) < 4.78 is 43.8. The van der Waals surface area contributed by atoms with Gasteiger partial charge in [0, 0.05) is 5.56 Å². The predicted octanol–water partition coefficient (Wildman–Crippen LogP) is 5.14. The number of para-hydroxylation sites is 1. The van der Waals surface area contributed by atoms with Gasteiger partial charge in [-0.05, 0) is 60.7 Å². The predicted molar refractivity (Wildman–Crippen MR) is 123 cm³/mol. The van der Waals surface area contributed by atoms with E-state index in [2.05, 4.69) is 0 Å². The number of hydrogen-bond acceptors (Lipinski definition) is 6. The van der Waals surface area contributed by atoms with Crippen molar-refractivity contribution >= 4 is 39.1 Å². The lowest BCUT2D eigenvalue weighted by Crippen LogP contribution is -2.27. The number of thioether (sulfide) groups is 1. The summed E-state index contributed by atoms with van der Waals surface area (Å²) in [6, 6.07) is 18.1. The third kappa shape index (κ3) is 5.15. The molecular formula is C24H18FNO5S2. The van der Waals surface area contributed by atoms with Gasteiger partial charge >= 0.3 is 10.1 Å². The van der Waals surface area contributed by atoms with Gasteiger partial charge in [-0.3, -0.25) is 14.5 Å². The molecule has 0 bridgehead atoms. The van der Waals surface area contributed by atoms with E-state index in [4.69, 9.17) is 4.18 Å². The summed E-state index contributed by atoms with van der Waals surface area (Å²) >= 11 is 0.743. The van der Waals surface area contributed by atoms with Crippen LogP contribution in [0, 0.1) is 12.7 Å². The summed E-state index contributed by atoms with van der Waals surface area (Å²) in [6.45, 7) is 1.85. The molecular weight excluding hydrogens is 465 g/mol. The van der Waals surface area contributed by atoms with Gasteiger partial charge in [-0.1, -0.05) is 48.0 Å². The Morgan fingerprint density at radius 3 is 2.33 bits per heavy atom. The molecule has 3 aromatic carbocycles. The topological polar surface area (TPSA) is 80.8 Å². The lowest BCUT2D eigenvalue weighted by atomic mass is 10.2. The Kier molecular flexibility index (Phi) is 6.35. The highest BCUT2D eigenvalue weighted by Gasteiger charge is 2.35. The fraction of sp³-hybridized carbons (Fsp3) is 0.0833. The minimum absolute atomic E-state index is 0.00222. The van der Waals surface area contributed by atoms with Crippen LogP contribution in [-0.2, 0) is 21.5 Å². The Bertz CT molecular complexity index is 1350. The molecule has 1 aliphatic heterocycles. The molecule has 3 aromatic rings. The van der Waals surface area contributed by atoms with E-state index in [1.54, 1.807) is 30.3 Å². The SMILES string of the molecule is Cc1ccc(S(=O)(=O)Oc2ccccc2/C=C2\SC(=O)N(Cc3ccc(F)cc3)C2=O)cc1. The number of carbonyl (C=O) groups excluding carboxylic acids is 2. The molecule has 0 N–H and O–H groups in total. The monoisotopic (exact) mass is 483 g/mol. The third-order valence-electron chi connectivity index (χ3n) is 4.84. The number of amides is 2. The van der Waals surface area contributed by atoms with Crippen LogP contribution in [0.2, 0.25) is 0 Å². The van der Waals surface area contributed by atoms with Gasteiger partial charge in [0.15, 0.2) is 0 Å². The summed E-state index contributed by atoms with van der Waals surface area (Å²) in [5, 5.41) is -0.471. The second-order valence-electron chi connectivity index (χ2n) is 7.28. The molecule has 1 heterocycles. The smallest absolute Gasteiger partial charge is 0.339 e. The second-order valence-corrected chi connectivity index (χ2v) is 9.82. The number of aryl methyl sites for hydroxylation is 1. The average molecular weight is 484 g/mol. The van der Waals surface area contributed by atoms with Crippen LogP contribution in [0.4, 0.5) is 9.18 Å². The largest absolute Gasteiger partial charge is 0.378 e. The number of rotatable bonds is 6. The van der Waals surface area contributed by atoms with E-state index < -0.39 is 27.1 Å². The summed E-state index contributed by atoms with van der Waals surface area (Å²) in [7, 11) is -4.09. The molecule has 0 aliphatic carbocycles. The van der Waals surface area contributed by atoms with Crippen molar-refractivity contribution in [2.75, 3.05) is 0 Å². The molecule has 0 atom stereocenters. The van der Waals surface area contributed by atoms with Crippen LogP contribution >= 0.6 is 11.8 Å². The first-order valence-corrected chi connectivity index (χ1v) is 12.1. The normalized spacial score (nSPS) is 15.3. The lowest BCUT2D eigenvalue weighted by Gasteiger charge is -2.12.